The third-order valence-electron chi connectivity index (χ3n) is 1.87. The summed E-state index contributed by atoms with van der Waals surface area (Å²) in [4.78, 5) is 0. The molecule has 0 aliphatic heterocycles. The van der Waals surface area contributed by atoms with Crippen molar-refractivity contribution in [2.75, 3.05) is 13.2 Å². The van der Waals surface area contributed by atoms with Crippen LogP contribution in [-0.4, -0.2) is 31.5 Å². The number of halogens is 3. The van der Waals surface area contributed by atoms with Crippen LogP contribution in [0.3, 0.4) is 0 Å². The van der Waals surface area contributed by atoms with E-state index in [1.165, 1.54) is 0 Å². The van der Waals surface area contributed by atoms with Crippen LogP contribution in [0.5, 0.6) is 0 Å². The number of hydrogen-bond donors (Lipinski definition) is 1. The van der Waals surface area contributed by atoms with Gasteiger partial charge in [-0.3, -0.25) is 0 Å². The first-order valence-electron chi connectivity index (χ1n) is 5.23. The Bertz CT molecular complexity index is 159. The average molecular weight is 227 g/mol. The fourth-order valence-electron chi connectivity index (χ4n) is 1.10. The molecule has 0 amide bonds. The second-order valence-corrected chi connectivity index (χ2v) is 3.99. The summed E-state index contributed by atoms with van der Waals surface area (Å²) in [5.74, 6) is 0. The molecule has 0 heterocycles. The molecular weight excluding hydrogens is 207 g/mol. The number of nitrogens with one attached hydrogen (secondary N) is 1. The van der Waals surface area contributed by atoms with E-state index in [9.17, 15) is 13.2 Å². The number of hydrogen-bond acceptors (Lipinski definition) is 2. The highest BCUT2D eigenvalue weighted by molar-refractivity contribution is 4.57. The second-order valence-electron chi connectivity index (χ2n) is 3.99. The van der Waals surface area contributed by atoms with Gasteiger partial charge in [-0.1, -0.05) is 13.8 Å². The van der Waals surface area contributed by atoms with Crippen LogP contribution in [0.2, 0.25) is 0 Å². The van der Waals surface area contributed by atoms with Gasteiger partial charge in [0.1, 0.15) is 6.61 Å². The first kappa shape index (κ1) is 14.7. The van der Waals surface area contributed by atoms with Crippen LogP contribution in [0.4, 0.5) is 13.2 Å². The third-order valence-corrected chi connectivity index (χ3v) is 1.87. The van der Waals surface area contributed by atoms with Crippen LogP contribution in [0.1, 0.15) is 33.6 Å². The van der Waals surface area contributed by atoms with E-state index in [4.69, 9.17) is 0 Å². The Morgan fingerprint density at radius 2 is 1.80 bits per heavy atom. The van der Waals surface area contributed by atoms with Gasteiger partial charge in [0, 0.05) is 6.04 Å². The molecule has 1 N–H and O–H groups in total. The molecule has 0 radical (unpaired) electrons. The van der Waals surface area contributed by atoms with Crippen molar-refractivity contribution in [1.29, 1.82) is 0 Å². The Morgan fingerprint density at radius 3 is 2.27 bits per heavy atom. The molecule has 0 rings (SSSR count). The van der Waals surface area contributed by atoms with Crippen LogP contribution in [0, 0.1) is 0 Å². The third kappa shape index (κ3) is 11.6. The van der Waals surface area contributed by atoms with Crippen LogP contribution >= 0.6 is 0 Å². The molecular formula is C10H20F3NO. The SMILES string of the molecule is CC(C)NCCCC(C)OCC(F)(F)F. The maximum atomic E-state index is 11.8. The van der Waals surface area contributed by atoms with Crippen molar-refractivity contribution in [3.8, 4) is 0 Å². The normalized spacial score (nSPS) is 14.6. The summed E-state index contributed by atoms with van der Waals surface area (Å²) in [5.41, 5.74) is 0. The van der Waals surface area contributed by atoms with Crippen LogP contribution in [0.15, 0.2) is 0 Å². The summed E-state index contributed by atoms with van der Waals surface area (Å²) in [6, 6.07) is 0.413. The molecule has 0 aliphatic carbocycles. The highest BCUT2D eigenvalue weighted by atomic mass is 19.4. The Balaban J connectivity index is 3.38. The Hall–Kier alpha value is -0.290. The first-order chi connectivity index (χ1) is 6.81. The fourth-order valence-corrected chi connectivity index (χ4v) is 1.10. The molecule has 92 valence electrons. The quantitative estimate of drug-likeness (QED) is 0.675. The predicted octanol–water partition coefficient (Wildman–Crippen LogP) is 2.73. The average Bonchev–Trinajstić information content (AvgIpc) is 2.07. The topological polar surface area (TPSA) is 21.3 Å². The fraction of sp³-hybridized carbons (Fsp3) is 1.00. The van der Waals surface area contributed by atoms with Crippen molar-refractivity contribution in [3.05, 3.63) is 0 Å². The molecule has 0 fully saturated rings. The summed E-state index contributed by atoms with van der Waals surface area (Å²) in [5, 5.41) is 3.20. The zero-order valence-corrected chi connectivity index (χ0v) is 9.53. The Morgan fingerprint density at radius 1 is 1.20 bits per heavy atom. The predicted molar refractivity (Wildman–Crippen MR) is 53.8 cm³/mol. The Labute approximate surface area is 89.2 Å². The standard InChI is InChI=1S/C10H20F3NO/c1-8(2)14-6-4-5-9(3)15-7-10(11,12)13/h8-9,14H,4-7H2,1-3H3. The Kier molecular flexibility index (Phi) is 6.92. The maximum Gasteiger partial charge on any atom is 0.411 e. The highest BCUT2D eigenvalue weighted by Crippen LogP contribution is 2.16. The summed E-state index contributed by atoms with van der Waals surface area (Å²) in [7, 11) is 0. The molecule has 0 saturated carbocycles. The summed E-state index contributed by atoms with van der Waals surface area (Å²) < 4.78 is 40.0. The van der Waals surface area contributed by atoms with E-state index in [1.807, 2.05) is 13.8 Å². The van der Waals surface area contributed by atoms with Crippen LogP contribution in [-0.2, 0) is 4.74 Å². The molecule has 1 unspecified atom stereocenters. The van der Waals surface area contributed by atoms with E-state index >= 15 is 0 Å². The molecule has 0 aromatic rings. The van der Waals surface area contributed by atoms with Gasteiger partial charge in [0.05, 0.1) is 6.10 Å². The number of alkyl halides is 3. The van der Waals surface area contributed by atoms with Gasteiger partial charge < -0.3 is 10.1 Å². The molecule has 0 bridgehead atoms. The van der Waals surface area contributed by atoms with E-state index in [2.05, 4.69) is 10.1 Å². The monoisotopic (exact) mass is 227 g/mol. The van der Waals surface area contributed by atoms with Crippen molar-refractivity contribution in [2.24, 2.45) is 0 Å². The highest BCUT2D eigenvalue weighted by Gasteiger charge is 2.28. The molecule has 0 aliphatic rings. The summed E-state index contributed by atoms with van der Waals surface area (Å²) in [6.07, 6.45) is -3.07. The molecule has 0 saturated heterocycles. The number of ether oxygens (including phenoxy) is 1. The molecule has 0 aromatic carbocycles. The zero-order valence-electron chi connectivity index (χ0n) is 9.53. The molecule has 0 aromatic heterocycles. The van der Waals surface area contributed by atoms with Crippen molar-refractivity contribution in [1.82, 2.24) is 5.32 Å². The lowest BCUT2D eigenvalue weighted by Gasteiger charge is -2.15. The van der Waals surface area contributed by atoms with Crippen LogP contribution in [0.25, 0.3) is 0 Å². The molecule has 15 heavy (non-hydrogen) atoms. The van der Waals surface area contributed by atoms with Gasteiger partial charge in [-0.05, 0) is 26.3 Å². The minimum Gasteiger partial charge on any atom is -0.369 e. The number of rotatable bonds is 7. The van der Waals surface area contributed by atoms with Gasteiger partial charge in [0.15, 0.2) is 0 Å². The molecule has 5 heteroatoms. The lowest BCUT2D eigenvalue weighted by atomic mass is 10.2. The molecule has 0 spiro atoms. The van der Waals surface area contributed by atoms with Gasteiger partial charge in [-0.2, -0.15) is 13.2 Å². The maximum absolute atomic E-state index is 11.8. The lowest BCUT2D eigenvalue weighted by Crippen LogP contribution is -2.25. The van der Waals surface area contributed by atoms with Crippen LogP contribution < -0.4 is 5.32 Å². The van der Waals surface area contributed by atoms with Crippen molar-refractivity contribution in [3.63, 3.8) is 0 Å². The van der Waals surface area contributed by atoms with Gasteiger partial charge in [0.25, 0.3) is 0 Å². The minimum atomic E-state index is -4.22. The molecule has 2 nitrogen and oxygen atoms in total. The summed E-state index contributed by atoms with van der Waals surface area (Å²) in [6.45, 7) is 5.40. The van der Waals surface area contributed by atoms with E-state index in [0.717, 1.165) is 13.0 Å². The van der Waals surface area contributed by atoms with Gasteiger partial charge in [-0.25, -0.2) is 0 Å². The van der Waals surface area contributed by atoms with E-state index in [-0.39, 0.29) is 6.10 Å². The van der Waals surface area contributed by atoms with E-state index in [0.29, 0.717) is 12.5 Å². The smallest absolute Gasteiger partial charge is 0.369 e. The minimum absolute atomic E-state index is 0.333. The van der Waals surface area contributed by atoms with Gasteiger partial charge in [-0.15, -0.1) is 0 Å². The first-order valence-corrected chi connectivity index (χ1v) is 5.23. The van der Waals surface area contributed by atoms with Crippen molar-refractivity contribution >= 4 is 0 Å². The van der Waals surface area contributed by atoms with E-state index in [1.54, 1.807) is 6.92 Å². The van der Waals surface area contributed by atoms with E-state index < -0.39 is 12.8 Å². The van der Waals surface area contributed by atoms with Gasteiger partial charge >= 0.3 is 6.18 Å². The van der Waals surface area contributed by atoms with Crippen molar-refractivity contribution < 1.29 is 17.9 Å². The summed E-state index contributed by atoms with van der Waals surface area (Å²) >= 11 is 0. The van der Waals surface area contributed by atoms with Crippen molar-refractivity contribution in [2.45, 2.75) is 51.9 Å². The molecule has 1 atom stereocenters. The lowest BCUT2D eigenvalue weighted by molar-refractivity contribution is -0.184. The largest absolute Gasteiger partial charge is 0.411 e. The second kappa shape index (κ2) is 7.06. The zero-order chi connectivity index (χ0) is 11.9. The van der Waals surface area contributed by atoms with Gasteiger partial charge in [0.2, 0.25) is 0 Å².